The molecule has 26 heavy (non-hydrogen) atoms. The number of hydrogen-bond donors (Lipinski definition) is 1. The summed E-state index contributed by atoms with van der Waals surface area (Å²) in [5.74, 6) is 1.25. The van der Waals surface area contributed by atoms with Crippen molar-refractivity contribution in [1.29, 1.82) is 0 Å². The first-order valence-corrected chi connectivity index (χ1v) is 12.4. The molecule has 0 spiro atoms. The van der Waals surface area contributed by atoms with Crippen molar-refractivity contribution in [2.24, 2.45) is 0 Å². The summed E-state index contributed by atoms with van der Waals surface area (Å²) in [6.45, 7) is 7.05. The van der Waals surface area contributed by atoms with Gasteiger partial charge in [-0.25, -0.2) is 8.42 Å². The quantitative estimate of drug-likeness (QED) is 0.795. The predicted octanol–water partition coefficient (Wildman–Crippen LogP) is 2.68. The Morgan fingerprint density at radius 2 is 2.04 bits per heavy atom. The first-order chi connectivity index (χ1) is 12.4. The first-order valence-electron chi connectivity index (χ1n) is 9.42. The zero-order valence-electron chi connectivity index (χ0n) is 15.8. The number of benzene rings is 1. The molecule has 3 rings (SSSR count). The molecule has 2 saturated heterocycles. The molecular weight excluding hydrogens is 368 g/mol. The molecular formula is C19H30N2O3S2. The summed E-state index contributed by atoms with van der Waals surface area (Å²) in [5.41, 5.74) is 1.10. The van der Waals surface area contributed by atoms with Gasteiger partial charge in [-0.05, 0) is 49.8 Å². The summed E-state index contributed by atoms with van der Waals surface area (Å²) in [5, 5.41) is 4.27. The average molecular weight is 399 g/mol. The Hall–Kier alpha value is -0.600. The number of piperazine rings is 1. The fourth-order valence-corrected chi connectivity index (χ4v) is 5.60. The van der Waals surface area contributed by atoms with Crippen molar-refractivity contribution in [3.05, 3.63) is 29.8 Å². The van der Waals surface area contributed by atoms with Gasteiger partial charge in [-0.1, -0.05) is 19.1 Å². The molecule has 1 N–H and O–H groups in total. The van der Waals surface area contributed by atoms with Gasteiger partial charge in [-0.2, -0.15) is 11.8 Å². The van der Waals surface area contributed by atoms with E-state index in [0.29, 0.717) is 16.2 Å². The first kappa shape index (κ1) is 20.1. The van der Waals surface area contributed by atoms with Crippen molar-refractivity contribution in [1.82, 2.24) is 10.2 Å². The summed E-state index contributed by atoms with van der Waals surface area (Å²) in [6.07, 6.45) is 3.80. The molecule has 4 atom stereocenters. The number of hydrogen-bond acceptors (Lipinski definition) is 6. The number of rotatable bonds is 6. The second kappa shape index (κ2) is 8.61. The molecule has 2 aliphatic heterocycles. The van der Waals surface area contributed by atoms with Crippen LogP contribution in [0.1, 0.15) is 38.3 Å². The lowest BCUT2D eigenvalue weighted by molar-refractivity contribution is -0.0467. The fourth-order valence-electron chi connectivity index (χ4n) is 3.80. The van der Waals surface area contributed by atoms with Gasteiger partial charge >= 0.3 is 0 Å². The van der Waals surface area contributed by atoms with Gasteiger partial charge in [-0.3, -0.25) is 10.2 Å². The molecule has 1 aromatic rings. The van der Waals surface area contributed by atoms with Crippen LogP contribution in [0.5, 0.6) is 0 Å². The van der Waals surface area contributed by atoms with Gasteiger partial charge < -0.3 is 4.74 Å². The Bertz CT molecular complexity index is 687. The molecule has 7 heteroatoms. The highest BCUT2D eigenvalue weighted by molar-refractivity contribution is 8.00. The van der Waals surface area contributed by atoms with Crippen molar-refractivity contribution in [3.63, 3.8) is 0 Å². The van der Waals surface area contributed by atoms with Gasteiger partial charge in [0.25, 0.3) is 0 Å². The predicted molar refractivity (Wildman–Crippen MR) is 107 cm³/mol. The summed E-state index contributed by atoms with van der Waals surface area (Å²) >= 11 is 2.02. The molecule has 0 saturated carbocycles. The Balaban J connectivity index is 1.71. The smallest absolute Gasteiger partial charge is 0.175 e. The third kappa shape index (κ3) is 4.81. The summed E-state index contributed by atoms with van der Waals surface area (Å²) in [7, 11) is -3.17. The van der Waals surface area contributed by atoms with Crippen LogP contribution in [0.15, 0.2) is 29.2 Å². The van der Waals surface area contributed by atoms with Gasteiger partial charge in [-0.15, -0.1) is 0 Å². The van der Waals surface area contributed by atoms with Crippen molar-refractivity contribution < 1.29 is 13.2 Å². The standard InChI is InChI=1S/C19H30N2O3S2/c1-4-21-12-18(24-13-16-6-5-11-25-16)20-19(14(21)2)15-7-9-17(10-8-15)26(3,22)23/h7-10,14,16,18-20H,4-6,11-13H2,1-3H3. The topological polar surface area (TPSA) is 58.6 Å². The molecule has 2 heterocycles. The molecule has 4 unspecified atom stereocenters. The minimum Gasteiger partial charge on any atom is -0.361 e. The van der Waals surface area contributed by atoms with Gasteiger partial charge in [0.15, 0.2) is 9.84 Å². The summed E-state index contributed by atoms with van der Waals surface area (Å²) in [4.78, 5) is 2.79. The maximum Gasteiger partial charge on any atom is 0.175 e. The monoisotopic (exact) mass is 398 g/mol. The highest BCUT2D eigenvalue weighted by Gasteiger charge is 2.34. The van der Waals surface area contributed by atoms with Crippen LogP contribution < -0.4 is 5.32 Å². The van der Waals surface area contributed by atoms with Crippen LogP contribution >= 0.6 is 11.8 Å². The number of ether oxygens (including phenoxy) is 1. The zero-order chi connectivity index (χ0) is 18.7. The lowest BCUT2D eigenvalue weighted by Gasteiger charge is -2.44. The Labute approximate surface area is 161 Å². The van der Waals surface area contributed by atoms with Crippen LogP contribution in [0.3, 0.4) is 0 Å². The van der Waals surface area contributed by atoms with E-state index in [0.717, 1.165) is 25.3 Å². The molecule has 0 bridgehead atoms. The number of nitrogens with one attached hydrogen (secondary N) is 1. The van der Waals surface area contributed by atoms with E-state index in [4.69, 9.17) is 4.74 Å². The van der Waals surface area contributed by atoms with Crippen molar-refractivity contribution in [2.45, 2.75) is 55.1 Å². The van der Waals surface area contributed by atoms with E-state index >= 15 is 0 Å². The van der Waals surface area contributed by atoms with Gasteiger partial charge in [0.1, 0.15) is 6.23 Å². The molecule has 0 aliphatic carbocycles. The van der Waals surface area contributed by atoms with Crippen LogP contribution in [0, 0.1) is 0 Å². The van der Waals surface area contributed by atoms with Gasteiger partial charge in [0.2, 0.25) is 0 Å². The highest BCUT2D eigenvalue weighted by atomic mass is 32.2. The van der Waals surface area contributed by atoms with Crippen LogP contribution in [0.25, 0.3) is 0 Å². The van der Waals surface area contributed by atoms with E-state index in [-0.39, 0.29) is 12.3 Å². The Morgan fingerprint density at radius 1 is 1.31 bits per heavy atom. The number of thioether (sulfide) groups is 1. The van der Waals surface area contributed by atoms with Crippen molar-refractivity contribution in [3.8, 4) is 0 Å². The average Bonchev–Trinajstić information content (AvgIpc) is 3.14. The van der Waals surface area contributed by atoms with Crippen LogP contribution in [0.2, 0.25) is 0 Å². The maximum absolute atomic E-state index is 11.7. The number of likely N-dealkylation sites (N-methyl/N-ethyl adjacent to an activating group) is 1. The van der Waals surface area contributed by atoms with Crippen molar-refractivity contribution in [2.75, 3.05) is 31.7 Å². The molecule has 5 nitrogen and oxygen atoms in total. The molecule has 0 amide bonds. The largest absolute Gasteiger partial charge is 0.361 e. The van der Waals surface area contributed by atoms with E-state index in [2.05, 4.69) is 24.1 Å². The fraction of sp³-hybridized carbons (Fsp3) is 0.684. The molecule has 146 valence electrons. The maximum atomic E-state index is 11.7. The third-order valence-corrected chi connectivity index (χ3v) is 7.90. The van der Waals surface area contributed by atoms with Gasteiger partial charge in [0.05, 0.1) is 11.5 Å². The normalized spacial score (nSPS) is 30.6. The minimum absolute atomic E-state index is 0.00642. The molecule has 2 fully saturated rings. The van der Waals surface area contributed by atoms with Crippen molar-refractivity contribution >= 4 is 21.6 Å². The van der Waals surface area contributed by atoms with E-state index in [9.17, 15) is 8.42 Å². The van der Waals surface area contributed by atoms with Crippen LogP contribution in [-0.4, -0.2) is 62.5 Å². The third-order valence-electron chi connectivity index (χ3n) is 5.40. The highest BCUT2D eigenvalue weighted by Crippen LogP contribution is 2.29. The summed E-state index contributed by atoms with van der Waals surface area (Å²) in [6, 6.07) is 7.70. The molecule has 2 aliphatic rings. The Morgan fingerprint density at radius 3 is 2.62 bits per heavy atom. The lowest BCUT2D eigenvalue weighted by Crippen LogP contribution is -2.57. The molecule has 1 aromatic carbocycles. The Kier molecular flexibility index (Phi) is 6.67. The second-order valence-electron chi connectivity index (χ2n) is 7.27. The van der Waals surface area contributed by atoms with E-state index in [1.54, 1.807) is 12.1 Å². The number of nitrogens with zero attached hydrogens (tertiary/aromatic N) is 1. The van der Waals surface area contributed by atoms with E-state index < -0.39 is 9.84 Å². The summed E-state index contributed by atoms with van der Waals surface area (Å²) < 4.78 is 29.6. The second-order valence-corrected chi connectivity index (χ2v) is 10.7. The molecule has 0 radical (unpaired) electrons. The van der Waals surface area contributed by atoms with E-state index in [1.807, 2.05) is 23.9 Å². The van der Waals surface area contributed by atoms with Crippen LogP contribution in [0.4, 0.5) is 0 Å². The van der Waals surface area contributed by atoms with Gasteiger partial charge in [0, 0.05) is 30.1 Å². The lowest BCUT2D eigenvalue weighted by atomic mass is 9.96. The molecule has 0 aromatic heterocycles. The minimum atomic E-state index is -3.17. The number of sulfone groups is 1. The van der Waals surface area contributed by atoms with E-state index in [1.165, 1.54) is 24.9 Å². The van der Waals surface area contributed by atoms with Crippen LogP contribution in [-0.2, 0) is 14.6 Å². The zero-order valence-corrected chi connectivity index (χ0v) is 17.5. The SMILES string of the molecule is CCN1CC(OCC2CCCS2)NC(c2ccc(S(C)(=O)=O)cc2)C1C.